The summed E-state index contributed by atoms with van der Waals surface area (Å²) in [5.74, 6) is -1.99. The lowest BCUT2D eigenvalue weighted by Crippen LogP contribution is -2.40. The number of halogens is 1. The number of H-pyrrole nitrogens is 1. The van der Waals surface area contributed by atoms with Crippen molar-refractivity contribution in [3.63, 3.8) is 0 Å². The molecule has 1 N–H and O–H groups in total. The fourth-order valence-corrected chi connectivity index (χ4v) is 4.15. The normalized spacial score (nSPS) is 18.9. The van der Waals surface area contributed by atoms with E-state index in [-0.39, 0.29) is 5.69 Å². The number of ether oxygens (including phenoxy) is 2. The van der Waals surface area contributed by atoms with E-state index in [0.717, 1.165) is 20.9 Å². The SMILES string of the molecule is CC(=O)OC1(c2ccc([N+](=O)[O-])cc2)OCCc2c1[nH]c1cccc(Br)c21. The molecule has 27 heavy (non-hydrogen) atoms. The zero-order valence-corrected chi connectivity index (χ0v) is 15.9. The van der Waals surface area contributed by atoms with Gasteiger partial charge in [0, 0.05) is 40.0 Å². The molecule has 1 aliphatic heterocycles. The van der Waals surface area contributed by atoms with Crippen LogP contribution in [0.3, 0.4) is 0 Å². The number of fused-ring (bicyclic) bond motifs is 3. The zero-order chi connectivity index (χ0) is 19.2. The van der Waals surface area contributed by atoms with Crippen LogP contribution >= 0.6 is 15.9 Å². The molecule has 4 rings (SSSR count). The van der Waals surface area contributed by atoms with E-state index in [1.54, 1.807) is 12.1 Å². The first kappa shape index (κ1) is 17.7. The van der Waals surface area contributed by atoms with Crippen LogP contribution in [-0.4, -0.2) is 22.5 Å². The maximum absolute atomic E-state index is 11.9. The Balaban J connectivity index is 1.97. The van der Waals surface area contributed by atoms with Crippen LogP contribution < -0.4 is 0 Å². The molecule has 0 amide bonds. The number of nitro groups is 1. The molecule has 0 radical (unpaired) electrons. The van der Waals surface area contributed by atoms with Gasteiger partial charge in [-0.25, -0.2) is 0 Å². The van der Waals surface area contributed by atoms with E-state index in [9.17, 15) is 14.9 Å². The Morgan fingerprint density at radius 1 is 1.30 bits per heavy atom. The van der Waals surface area contributed by atoms with Crippen molar-refractivity contribution >= 4 is 38.5 Å². The van der Waals surface area contributed by atoms with Crippen LogP contribution in [0.2, 0.25) is 0 Å². The fourth-order valence-electron chi connectivity index (χ4n) is 3.54. The van der Waals surface area contributed by atoms with E-state index in [0.29, 0.717) is 24.3 Å². The second-order valence-electron chi connectivity index (χ2n) is 6.25. The molecular weight excluding hydrogens is 416 g/mol. The minimum absolute atomic E-state index is 0.0489. The highest BCUT2D eigenvalue weighted by atomic mass is 79.9. The summed E-state index contributed by atoms with van der Waals surface area (Å²) in [7, 11) is 0. The predicted octanol–water partition coefficient (Wildman–Crippen LogP) is 4.18. The molecule has 0 saturated carbocycles. The summed E-state index contributed by atoms with van der Waals surface area (Å²) in [6.45, 7) is 1.65. The number of aromatic nitrogens is 1. The molecule has 1 atom stereocenters. The quantitative estimate of drug-likeness (QED) is 0.382. The molecule has 1 aromatic heterocycles. The van der Waals surface area contributed by atoms with Crippen molar-refractivity contribution in [2.75, 3.05) is 6.61 Å². The van der Waals surface area contributed by atoms with E-state index in [1.165, 1.54) is 19.1 Å². The van der Waals surface area contributed by atoms with Gasteiger partial charge in [0.25, 0.3) is 11.5 Å². The monoisotopic (exact) mass is 430 g/mol. The third-order valence-corrected chi connectivity index (χ3v) is 5.27. The zero-order valence-electron chi connectivity index (χ0n) is 14.3. The van der Waals surface area contributed by atoms with E-state index >= 15 is 0 Å². The Morgan fingerprint density at radius 2 is 2.04 bits per heavy atom. The number of hydrogen-bond acceptors (Lipinski definition) is 5. The number of carbonyl (C=O) groups is 1. The first-order valence-corrected chi connectivity index (χ1v) is 9.09. The maximum atomic E-state index is 11.9. The van der Waals surface area contributed by atoms with Gasteiger partial charge in [0.05, 0.1) is 17.2 Å². The van der Waals surface area contributed by atoms with Crippen molar-refractivity contribution in [2.45, 2.75) is 19.1 Å². The Kier molecular flexibility index (Phi) is 4.24. The van der Waals surface area contributed by atoms with Crippen molar-refractivity contribution in [3.05, 3.63) is 73.9 Å². The van der Waals surface area contributed by atoms with Crippen molar-refractivity contribution in [2.24, 2.45) is 0 Å². The maximum Gasteiger partial charge on any atom is 0.305 e. The van der Waals surface area contributed by atoms with E-state index < -0.39 is 16.7 Å². The van der Waals surface area contributed by atoms with Gasteiger partial charge < -0.3 is 14.5 Å². The molecule has 7 nitrogen and oxygen atoms in total. The smallest absolute Gasteiger partial charge is 0.305 e. The predicted molar refractivity (Wildman–Crippen MR) is 101 cm³/mol. The molecule has 0 saturated heterocycles. The third kappa shape index (κ3) is 2.81. The van der Waals surface area contributed by atoms with E-state index in [1.807, 2.05) is 18.2 Å². The molecule has 8 heteroatoms. The largest absolute Gasteiger partial charge is 0.422 e. The second kappa shape index (κ2) is 6.47. The van der Waals surface area contributed by atoms with Gasteiger partial charge >= 0.3 is 5.97 Å². The number of nitrogens with zero attached hydrogens (tertiary/aromatic N) is 1. The summed E-state index contributed by atoms with van der Waals surface area (Å²) < 4.78 is 12.6. The molecule has 1 aliphatic rings. The van der Waals surface area contributed by atoms with Crippen molar-refractivity contribution in [3.8, 4) is 0 Å². The van der Waals surface area contributed by atoms with E-state index in [2.05, 4.69) is 20.9 Å². The van der Waals surface area contributed by atoms with Crippen molar-refractivity contribution in [1.29, 1.82) is 0 Å². The lowest BCUT2D eigenvalue weighted by Gasteiger charge is -2.36. The third-order valence-electron chi connectivity index (χ3n) is 4.61. The molecule has 1 unspecified atom stereocenters. The molecule has 0 spiro atoms. The highest BCUT2D eigenvalue weighted by molar-refractivity contribution is 9.10. The molecule has 0 bridgehead atoms. The highest BCUT2D eigenvalue weighted by Gasteiger charge is 2.46. The molecular formula is C19H15BrN2O5. The molecule has 138 valence electrons. The van der Waals surface area contributed by atoms with Crippen LogP contribution in [0.25, 0.3) is 10.9 Å². The van der Waals surface area contributed by atoms with Crippen LogP contribution in [0.1, 0.15) is 23.7 Å². The van der Waals surface area contributed by atoms with Crippen molar-refractivity contribution in [1.82, 2.24) is 4.98 Å². The van der Waals surface area contributed by atoms with Crippen LogP contribution in [0.4, 0.5) is 5.69 Å². The summed E-state index contributed by atoms with van der Waals surface area (Å²) in [5.41, 5.74) is 2.96. The molecule has 0 aliphatic carbocycles. The first-order chi connectivity index (χ1) is 12.9. The molecule has 2 heterocycles. The fraction of sp³-hybridized carbons (Fsp3) is 0.211. The number of nitrogens with one attached hydrogen (secondary N) is 1. The average Bonchev–Trinajstić information content (AvgIpc) is 3.02. The Labute approximate surface area is 162 Å². The number of aromatic amines is 1. The Bertz CT molecular complexity index is 1060. The van der Waals surface area contributed by atoms with Crippen LogP contribution in [0.15, 0.2) is 46.9 Å². The number of nitro benzene ring substituents is 1. The van der Waals surface area contributed by atoms with Gasteiger partial charge in [-0.1, -0.05) is 22.0 Å². The van der Waals surface area contributed by atoms with Gasteiger partial charge in [0.15, 0.2) is 0 Å². The Hall–Kier alpha value is -2.71. The van der Waals surface area contributed by atoms with Gasteiger partial charge in [-0.15, -0.1) is 0 Å². The van der Waals surface area contributed by atoms with Crippen LogP contribution in [0, 0.1) is 10.1 Å². The summed E-state index contributed by atoms with van der Waals surface area (Å²) in [6, 6.07) is 11.6. The van der Waals surface area contributed by atoms with E-state index in [4.69, 9.17) is 9.47 Å². The van der Waals surface area contributed by atoms with Gasteiger partial charge in [-0.05, 0) is 36.2 Å². The first-order valence-electron chi connectivity index (χ1n) is 8.30. The molecule has 2 aromatic carbocycles. The summed E-state index contributed by atoms with van der Waals surface area (Å²) >= 11 is 3.58. The molecule has 3 aromatic rings. The minimum Gasteiger partial charge on any atom is -0.422 e. The average molecular weight is 431 g/mol. The molecule has 0 fully saturated rings. The minimum atomic E-state index is -1.48. The standard InChI is InChI=1S/C19H15BrN2O5/c1-11(23)27-19(12-5-7-13(8-6-12)22(24)25)18-14(9-10-26-19)17-15(20)3-2-4-16(17)21-18/h2-8,21H,9-10H2,1H3. The second-order valence-corrected chi connectivity index (χ2v) is 7.11. The van der Waals surface area contributed by atoms with Gasteiger partial charge in [0.1, 0.15) is 0 Å². The summed E-state index contributed by atoms with van der Waals surface area (Å²) in [4.78, 5) is 25.7. The highest BCUT2D eigenvalue weighted by Crippen LogP contribution is 2.44. The number of hydrogen-bond donors (Lipinski definition) is 1. The van der Waals surface area contributed by atoms with Gasteiger partial charge in [-0.2, -0.15) is 0 Å². The lowest BCUT2D eigenvalue weighted by atomic mass is 9.94. The van der Waals surface area contributed by atoms with Gasteiger partial charge in [0.2, 0.25) is 0 Å². The lowest BCUT2D eigenvalue weighted by molar-refractivity contribution is -0.384. The summed E-state index contributed by atoms with van der Waals surface area (Å²) in [5, 5.41) is 12.0. The summed E-state index contributed by atoms with van der Waals surface area (Å²) in [6.07, 6.45) is 0.647. The Morgan fingerprint density at radius 3 is 2.70 bits per heavy atom. The van der Waals surface area contributed by atoms with Gasteiger partial charge in [-0.3, -0.25) is 14.9 Å². The topological polar surface area (TPSA) is 94.5 Å². The number of benzene rings is 2. The number of esters is 1. The number of non-ortho nitro benzene ring substituents is 1. The van der Waals surface area contributed by atoms with Crippen LogP contribution in [-0.2, 0) is 26.5 Å². The van der Waals surface area contributed by atoms with Crippen LogP contribution in [0.5, 0.6) is 0 Å². The van der Waals surface area contributed by atoms with Crippen molar-refractivity contribution < 1.29 is 19.2 Å². The number of rotatable bonds is 3. The number of carbonyl (C=O) groups excluding carboxylic acids is 1.